The van der Waals surface area contributed by atoms with Crippen molar-refractivity contribution in [2.45, 2.75) is 152 Å². The summed E-state index contributed by atoms with van der Waals surface area (Å²) in [6.45, 7) is 9.78. The van der Waals surface area contributed by atoms with Crippen LogP contribution in [0.15, 0.2) is 48.8 Å². The molecule has 16 heteroatoms. The van der Waals surface area contributed by atoms with Crippen molar-refractivity contribution in [2.75, 3.05) is 13.2 Å². The summed E-state index contributed by atoms with van der Waals surface area (Å²) < 4.78 is 23.4. The predicted octanol–water partition coefficient (Wildman–Crippen LogP) is 7.70. The Morgan fingerprint density at radius 3 is 1.56 bits per heavy atom. The number of carbonyl (C=O) groups is 4. The highest BCUT2D eigenvalue weighted by Gasteiger charge is 2.66. The van der Waals surface area contributed by atoms with Crippen LogP contribution in [-0.4, -0.2) is 102 Å². The van der Waals surface area contributed by atoms with E-state index in [9.17, 15) is 19.2 Å². The van der Waals surface area contributed by atoms with Crippen molar-refractivity contribution in [1.82, 2.24) is 29.7 Å². The maximum absolute atomic E-state index is 14.5. The molecule has 4 aromatic rings. The minimum Gasteiger partial charge on any atom is -0.436 e. The topological polar surface area (TPSA) is 221 Å². The third-order valence-corrected chi connectivity index (χ3v) is 17.7. The Balaban J connectivity index is 0.750. The second-order valence-corrected chi connectivity index (χ2v) is 22.3. The molecule has 68 heavy (non-hydrogen) atoms. The van der Waals surface area contributed by atoms with E-state index in [1.165, 1.54) is 0 Å². The van der Waals surface area contributed by atoms with Crippen LogP contribution in [0.25, 0.3) is 33.6 Å². The first-order valence-corrected chi connectivity index (χ1v) is 24.7. The van der Waals surface area contributed by atoms with Gasteiger partial charge in [-0.3, -0.25) is 9.59 Å². The first-order chi connectivity index (χ1) is 32.6. The van der Waals surface area contributed by atoms with Crippen LogP contribution in [0.2, 0.25) is 0 Å². The minimum atomic E-state index is -0.950. The molecule has 2 spiro atoms. The van der Waals surface area contributed by atoms with Gasteiger partial charge in [0.05, 0.1) is 47.1 Å². The monoisotopic (exact) mass is 926 g/mol. The van der Waals surface area contributed by atoms with E-state index >= 15 is 0 Å². The van der Waals surface area contributed by atoms with E-state index in [4.69, 9.17) is 40.4 Å². The van der Waals surface area contributed by atoms with Gasteiger partial charge in [0.15, 0.2) is 12.2 Å². The van der Waals surface area contributed by atoms with Crippen molar-refractivity contribution in [3.05, 3.63) is 71.6 Å². The van der Waals surface area contributed by atoms with Crippen molar-refractivity contribution in [2.24, 2.45) is 34.1 Å². The fourth-order valence-corrected chi connectivity index (χ4v) is 13.1. The molecule has 16 nitrogen and oxygen atoms in total. The normalized spacial score (nSPS) is 32.0. The van der Waals surface area contributed by atoms with Gasteiger partial charge in [0.2, 0.25) is 0 Å². The Morgan fingerprint density at radius 1 is 0.632 bits per heavy atom. The highest BCUT2D eigenvalue weighted by molar-refractivity contribution is 5.86. The fraction of sp³-hybridized carbons (Fsp3) is 0.577. The Bertz CT molecular complexity index is 2720. The average Bonchev–Trinajstić information content (AvgIpc) is 4.28. The first-order valence-electron chi connectivity index (χ1n) is 24.7. The largest absolute Gasteiger partial charge is 0.436 e. The lowest BCUT2D eigenvalue weighted by atomic mass is 9.88. The molecule has 4 amide bonds. The molecule has 2 aromatic heterocycles. The molecular formula is C52H62N8O8. The molecule has 4 saturated carbocycles. The number of aromatic nitrogens is 4. The van der Waals surface area contributed by atoms with Gasteiger partial charge in [-0.05, 0) is 130 Å². The molecule has 4 aliphatic heterocycles. The zero-order valence-corrected chi connectivity index (χ0v) is 39.3. The summed E-state index contributed by atoms with van der Waals surface area (Å²) >= 11 is 0. The molecule has 4 unspecified atom stereocenters. The molecule has 4 aliphatic carbocycles. The van der Waals surface area contributed by atoms with Gasteiger partial charge < -0.3 is 50.2 Å². The zero-order chi connectivity index (χ0) is 47.1. The molecule has 8 aliphatic rings. The summed E-state index contributed by atoms with van der Waals surface area (Å²) in [5, 5.41) is 0. The lowest BCUT2D eigenvalue weighted by Gasteiger charge is -2.37. The van der Waals surface area contributed by atoms with Crippen molar-refractivity contribution in [3.8, 4) is 33.6 Å². The SMILES string of the molecule is Cc1c(-c2ccc(-c3cnc([C@@H]4C[C@@]5(C)C[C@H]5N4C(=O)C(OC(N)=O)C4CCOC5(CC5)C4)[nH]3)cc2)ccc(-c2cnc([C@@H]3C[C@@]4(C)C[C@H]4N3C(=O)C(OC(N)=O)C3CCOC4(CC4)C3)[nH]2)c1C. The summed E-state index contributed by atoms with van der Waals surface area (Å²) in [6.07, 6.45) is 9.81. The number of hydrogen-bond acceptors (Lipinski definition) is 10. The smallest absolute Gasteiger partial charge is 0.405 e. The average molecular weight is 927 g/mol. The number of hydrogen-bond donors (Lipinski definition) is 4. The van der Waals surface area contributed by atoms with E-state index < -0.39 is 24.4 Å². The number of nitrogens with zero attached hydrogens (tertiary/aromatic N) is 4. The Hall–Kier alpha value is -5.74. The number of benzene rings is 2. The molecule has 6 N–H and O–H groups in total. The van der Waals surface area contributed by atoms with E-state index in [1.807, 2.05) is 22.2 Å². The second-order valence-electron chi connectivity index (χ2n) is 22.3. The summed E-state index contributed by atoms with van der Waals surface area (Å²) in [4.78, 5) is 74.1. The maximum Gasteiger partial charge on any atom is 0.405 e. The molecule has 12 rings (SSSR count). The van der Waals surface area contributed by atoms with Gasteiger partial charge in [0.25, 0.3) is 11.8 Å². The number of piperidine rings is 2. The molecular weight excluding hydrogens is 865 g/mol. The van der Waals surface area contributed by atoms with Gasteiger partial charge in [0.1, 0.15) is 11.6 Å². The van der Waals surface area contributed by atoms with Crippen LogP contribution in [-0.2, 0) is 28.5 Å². The Kier molecular flexibility index (Phi) is 9.85. The van der Waals surface area contributed by atoms with E-state index in [0.29, 0.717) is 38.9 Å². The number of aromatic amines is 2. The molecule has 0 radical (unpaired) electrons. The van der Waals surface area contributed by atoms with E-state index in [0.717, 1.165) is 108 Å². The van der Waals surface area contributed by atoms with Crippen LogP contribution in [0, 0.1) is 36.5 Å². The van der Waals surface area contributed by atoms with Crippen LogP contribution in [0.5, 0.6) is 0 Å². The van der Waals surface area contributed by atoms with Crippen molar-refractivity contribution >= 4 is 24.0 Å². The highest BCUT2D eigenvalue weighted by Crippen LogP contribution is 2.65. The quantitative estimate of drug-likeness (QED) is 0.115. The molecule has 2 aromatic carbocycles. The van der Waals surface area contributed by atoms with Crippen LogP contribution in [0.4, 0.5) is 9.59 Å². The number of amides is 4. The second kappa shape index (κ2) is 15.4. The van der Waals surface area contributed by atoms with Gasteiger partial charge in [-0.25, -0.2) is 19.6 Å². The van der Waals surface area contributed by atoms with Gasteiger partial charge in [-0.2, -0.15) is 0 Å². The lowest BCUT2D eigenvalue weighted by Crippen LogP contribution is -2.49. The van der Waals surface area contributed by atoms with Gasteiger partial charge in [0, 0.05) is 42.7 Å². The first kappa shape index (κ1) is 43.5. The van der Waals surface area contributed by atoms with Gasteiger partial charge >= 0.3 is 12.2 Å². The molecule has 8 fully saturated rings. The van der Waals surface area contributed by atoms with Gasteiger partial charge in [-0.1, -0.05) is 50.2 Å². The van der Waals surface area contributed by atoms with Crippen molar-refractivity contribution in [3.63, 3.8) is 0 Å². The van der Waals surface area contributed by atoms with Crippen LogP contribution in [0.3, 0.4) is 0 Å². The summed E-state index contributed by atoms with van der Waals surface area (Å²) in [6, 6.07) is 12.3. The number of carbonyl (C=O) groups excluding carboxylic acids is 4. The molecule has 6 heterocycles. The van der Waals surface area contributed by atoms with E-state index in [1.54, 1.807) is 0 Å². The third-order valence-electron chi connectivity index (χ3n) is 17.7. The number of rotatable bonds is 11. The third kappa shape index (κ3) is 7.39. The number of primary amides is 2. The fourth-order valence-electron chi connectivity index (χ4n) is 13.1. The van der Waals surface area contributed by atoms with Crippen molar-refractivity contribution < 1.29 is 38.1 Å². The number of likely N-dealkylation sites (tertiary alicyclic amines) is 2. The van der Waals surface area contributed by atoms with Gasteiger partial charge in [-0.15, -0.1) is 0 Å². The minimum absolute atomic E-state index is 0.0145. The van der Waals surface area contributed by atoms with Crippen LogP contribution in [0.1, 0.15) is 126 Å². The number of nitrogens with one attached hydrogen (secondary N) is 2. The van der Waals surface area contributed by atoms with E-state index in [2.05, 4.69) is 74.1 Å². The number of fused-ring (bicyclic) bond motifs is 2. The van der Waals surface area contributed by atoms with Crippen molar-refractivity contribution in [1.29, 1.82) is 0 Å². The number of imidazole rings is 2. The van der Waals surface area contributed by atoms with Crippen LogP contribution >= 0.6 is 0 Å². The highest BCUT2D eigenvalue weighted by atomic mass is 16.6. The number of H-pyrrole nitrogens is 2. The molecule has 358 valence electrons. The summed E-state index contributed by atoms with van der Waals surface area (Å²) in [7, 11) is 0. The summed E-state index contributed by atoms with van der Waals surface area (Å²) in [5.74, 6) is 0.785. The number of ether oxygens (including phenoxy) is 4. The van der Waals surface area contributed by atoms with Crippen LogP contribution < -0.4 is 11.5 Å². The molecule has 10 atom stereocenters. The Morgan fingerprint density at radius 2 is 1.07 bits per heavy atom. The van der Waals surface area contributed by atoms with E-state index in [-0.39, 0.29) is 69.8 Å². The standard InChI is InChI=1S/C52H62N8O8/c1-27-28(2)34(36-26-56-44(58-36)38-22-50(4)24-40(50)60(38)46(62)42(68-48(54)64)32-12-18-66-52(20-32)15-16-52)10-9-33(27)29-5-7-30(8-6-29)35-25-55-43(57-35)37-21-49(3)23-39(49)59(37)45(61)41(67-47(53)63)31-11-17-65-51(19-31)13-14-51/h5-10,25-26,31-32,37-42H,11-24H2,1-4H3,(H2,53,63)(H2,54,64)(H,55,57)(H,56,58)/t31?,32?,37-,38-,39+,40+,41?,42?,49-,50-/m0/s1. The lowest BCUT2D eigenvalue weighted by molar-refractivity contribution is -0.150. The predicted molar refractivity (Wildman–Crippen MR) is 248 cm³/mol. The summed E-state index contributed by atoms with van der Waals surface area (Å²) in [5.41, 5.74) is 18.9. The maximum atomic E-state index is 14.5. The molecule has 4 saturated heterocycles. The Labute approximate surface area is 395 Å². The zero-order valence-electron chi connectivity index (χ0n) is 39.3. The molecule has 0 bridgehead atoms. The number of nitrogens with two attached hydrogens (primary N) is 2.